The van der Waals surface area contributed by atoms with Gasteiger partial charge in [0.15, 0.2) is 5.72 Å². The lowest BCUT2D eigenvalue weighted by Gasteiger charge is -2.33. The van der Waals surface area contributed by atoms with Gasteiger partial charge in [0.05, 0.1) is 49.6 Å². The number of aromatic nitrogens is 4. The molecule has 0 radical (unpaired) electrons. The first kappa shape index (κ1) is 37.5. The van der Waals surface area contributed by atoms with Gasteiger partial charge in [-0.25, -0.2) is 14.8 Å². The molecule has 3 fully saturated rings. The van der Waals surface area contributed by atoms with Gasteiger partial charge >= 0.3 is 6.09 Å². The summed E-state index contributed by atoms with van der Waals surface area (Å²) in [5, 5.41) is 0. The van der Waals surface area contributed by atoms with Crippen LogP contribution in [0.4, 0.5) is 4.79 Å². The summed E-state index contributed by atoms with van der Waals surface area (Å²) in [6.07, 6.45) is 5.58. The van der Waals surface area contributed by atoms with E-state index in [4.69, 9.17) is 24.2 Å². The standard InChI is InChI=1S/C46H47N7O5/c1-51(2)41(36-12-7-4-8-13-36)44(54)52-24-9-14-39(52)42-47-26-37(49-42)34-19-15-32(16-20-34)33-17-21-35(22-18-33)38-27-48-43(50-38)40-29-58-46(23-25-56-30-46)53(40)45(55)57-28-31-10-5-3-6-11-31/h3-8,10-13,15-22,26-27,39-41H,9,14,23-25,28-30H2,1-2H3,(H,47,49)(H,48,50)/t39-,40-,41+,46?/m0/s1. The molecule has 2 N–H and O–H groups in total. The summed E-state index contributed by atoms with van der Waals surface area (Å²) in [5.41, 5.74) is 6.94. The Morgan fingerprint density at radius 3 is 1.98 bits per heavy atom. The zero-order valence-corrected chi connectivity index (χ0v) is 32.7. The van der Waals surface area contributed by atoms with Crippen LogP contribution in [-0.4, -0.2) is 92.8 Å². The maximum Gasteiger partial charge on any atom is 0.413 e. The second-order valence-electron chi connectivity index (χ2n) is 15.5. The number of H-pyrrole nitrogens is 2. The number of hydrogen-bond acceptors (Lipinski definition) is 8. The molecular formula is C46H47N7O5. The van der Waals surface area contributed by atoms with Gasteiger partial charge in [0.1, 0.15) is 30.3 Å². The van der Waals surface area contributed by atoms with Crippen LogP contribution in [0.25, 0.3) is 33.6 Å². The van der Waals surface area contributed by atoms with Crippen LogP contribution in [0.3, 0.4) is 0 Å². The summed E-state index contributed by atoms with van der Waals surface area (Å²) in [6, 6.07) is 35.5. The van der Waals surface area contributed by atoms with Crippen LogP contribution in [0.1, 0.15) is 60.2 Å². The molecular weight excluding hydrogens is 731 g/mol. The van der Waals surface area contributed by atoms with Crippen molar-refractivity contribution in [3.05, 3.63) is 144 Å². The van der Waals surface area contributed by atoms with Crippen molar-refractivity contribution in [2.45, 2.75) is 49.7 Å². The lowest BCUT2D eigenvalue weighted by molar-refractivity contribution is -0.137. The SMILES string of the molecule is CN(C)[C@@H](C(=O)N1CCC[C@H]1c1ncc(-c2ccc(-c3ccc(-c4cnc([C@@H]5COC6(CCOC6)N5C(=O)OCc5ccccc5)[nH]4)cc3)cc2)[nH]1)c1ccccc1. The van der Waals surface area contributed by atoms with Crippen LogP contribution in [-0.2, 0) is 25.6 Å². The normalized spacial score (nSPS) is 20.9. The predicted octanol–water partition coefficient (Wildman–Crippen LogP) is 7.93. The van der Waals surface area contributed by atoms with E-state index in [0.29, 0.717) is 25.4 Å². The second-order valence-corrected chi connectivity index (χ2v) is 15.5. The Bertz CT molecular complexity index is 2340. The zero-order valence-electron chi connectivity index (χ0n) is 32.7. The van der Waals surface area contributed by atoms with Crippen molar-refractivity contribution in [3.63, 3.8) is 0 Å². The number of nitrogens with one attached hydrogen (secondary N) is 2. The number of aromatic amines is 2. The number of likely N-dealkylation sites (tertiary alicyclic amines) is 1. The summed E-state index contributed by atoms with van der Waals surface area (Å²) in [4.78, 5) is 49.6. The van der Waals surface area contributed by atoms with Crippen molar-refractivity contribution in [2.24, 2.45) is 0 Å². The topological polar surface area (TPSA) is 129 Å². The Balaban J connectivity index is 0.865. The second kappa shape index (κ2) is 16.0. The first-order valence-corrected chi connectivity index (χ1v) is 19.9. The van der Waals surface area contributed by atoms with E-state index in [0.717, 1.165) is 63.4 Å². The van der Waals surface area contributed by atoms with Crippen molar-refractivity contribution in [1.29, 1.82) is 0 Å². The van der Waals surface area contributed by atoms with Crippen molar-refractivity contribution in [2.75, 3.05) is 40.5 Å². The molecule has 4 atom stereocenters. The highest BCUT2D eigenvalue weighted by Crippen LogP contribution is 2.42. The van der Waals surface area contributed by atoms with Crippen LogP contribution in [0, 0.1) is 0 Å². The molecule has 6 aromatic rings. The molecule has 0 aliphatic carbocycles. The van der Waals surface area contributed by atoms with Crippen LogP contribution < -0.4 is 0 Å². The summed E-state index contributed by atoms with van der Waals surface area (Å²) in [6.45, 7) is 1.96. The molecule has 1 spiro atoms. The number of amides is 2. The van der Waals surface area contributed by atoms with Gasteiger partial charge < -0.3 is 29.1 Å². The molecule has 3 saturated heterocycles. The van der Waals surface area contributed by atoms with Crippen molar-refractivity contribution < 1.29 is 23.8 Å². The predicted molar refractivity (Wildman–Crippen MR) is 219 cm³/mol. The van der Waals surface area contributed by atoms with Gasteiger partial charge in [0.2, 0.25) is 5.91 Å². The molecule has 2 aromatic heterocycles. The minimum absolute atomic E-state index is 0.0958. The molecule has 1 unspecified atom stereocenters. The molecule has 3 aliphatic rings. The molecule has 12 nitrogen and oxygen atoms in total. The number of ether oxygens (including phenoxy) is 3. The molecule has 296 valence electrons. The van der Waals surface area contributed by atoms with Crippen LogP contribution in [0.15, 0.2) is 122 Å². The van der Waals surface area contributed by atoms with Gasteiger partial charge in [-0.1, -0.05) is 109 Å². The maximum absolute atomic E-state index is 13.9. The van der Waals surface area contributed by atoms with Crippen LogP contribution in [0.2, 0.25) is 0 Å². The van der Waals surface area contributed by atoms with E-state index < -0.39 is 17.9 Å². The van der Waals surface area contributed by atoms with E-state index in [2.05, 4.69) is 58.5 Å². The van der Waals surface area contributed by atoms with Crippen molar-refractivity contribution >= 4 is 12.0 Å². The van der Waals surface area contributed by atoms with Gasteiger partial charge in [-0.15, -0.1) is 0 Å². The number of rotatable bonds is 10. The number of hydrogen-bond donors (Lipinski definition) is 2. The monoisotopic (exact) mass is 777 g/mol. The number of benzene rings is 4. The zero-order chi connectivity index (χ0) is 39.6. The number of nitrogens with zero attached hydrogens (tertiary/aromatic N) is 5. The maximum atomic E-state index is 13.9. The third kappa shape index (κ3) is 7.30. The summed E-state index contributed by atoms with van der Waals surface area (Å²) >= 11 is 0. The third-order valence-electron chi connectivity index (χ3n) is 11.6. The van der Waals surface area contributed by atoms with Crippen molar-refractivity contribution in [3.8, 4) is 33.6 Å². The highest BCUT2D eigenvalue weighted by molar-refractivity contribution is 5.84. The van der Waals surface area contributed by atoms with Gasteiger partial charge in [-0.2, -0.15) is 0 Å². The number of carbonyl (C=O) groups excluding carboxylic acids is 2. The molecule has 2 amide bonds. The smallest absolute Gasteiger partial charge is 0.413 e. The average molecular weight is 778 g/mol. The average Bonchev–Trinajstić information content (AvgIpc) is 4.12. The third-order valence-corrected chi connectivity index (χ3v) is 11.6. The summed E-state index contributed by atoms with van der Waals surface area (Å²) < 4.78 is 17.7. The largest absolute Gasteiger partial charge is 0.444 e. The summed E-state index contributed by atoms with van der Waals surface area (Å²) in [7, 11) is 3.91. The molecule has 5 heterocycles. The fraction of sp³-hybridized carbons (Fsp3) is 0.304. The fourth-order valence-electron chi connectivity index (χ4n) is 8.54. The lowest BCUT2D eigenvalue weighted by atomic mass is 10.0. The van der Waals surface area contributed by atoms with E-state index in [-0.39, 0.29) is 37.8 Å². The molecule has 3 aliphatic heterocycles. The first-order valence-electron chi connectivity index (χ1n) is 19.9. The molecule has 58 heavy (non-hydrogen) atoms. The van der Waals surface area contributed by atoms with Gasteiger partial charge in [-0.3, -0.25) is 14.6 Å². The van der Waals surface area contributed by atoms with Gasteiger partial charge in [-0.05, 0) is 60.3 Å². The van der Waals surface area contributed by atoms with Gasteiger partial charge in [0, 0.05) is 13.0 Å². The quantitative estimate of drug-likeness (QED) is 0.144. The minimum Gasteiger partial charge on any atom is -0.444 e. The Hall–Kier alpha value is -6.08. The fourth-order valence-corrected chi connectivity index (χ4v) is 8.54. The molecule has 0 saturated carbocycles. The Morgan fingerprint density at radius 2 is 1.40 bits per heavy atom. The van der Waals surface area contributed by atoms with E-state index in [1.807, 2.05) is 90.8 Å². The van der Waals surface area contributed by atoms with E-state index in [1.54, 1.807) is 11.1 Å². The molecule has 9 rings (SSSR count). The Morgan fingerprint density at radius 1 is 0.810 bits per heavy atom. The molecule has 4 aromatic carbocycles. The van der Waals surface area contributed by atoms with E-state index in [1.165, 1.54) is 0 Å². The minimum atomic E-state index is -0.877. The van der Waals surface area contributed by atoms with E-state index >= 15 is 0 Å². The number of carbonyl (C=O) groups is 2. The highest BCUT2D eigenvalue weighted by Gasteiger charge is 2.54. The summed E-state index contributed by atoms with van der Waals surface area (Å²) in [5.74, 6) is 1.55. The Kier molecular flexibility index (Phi) is 10.4. The van der Waals surface area contributed by atoms with Crippen molar-refractivity contribution in [1.82, 2.24) is 34.6 Å². The van der Waals surface area contributed by atoms with E-state index in [9.17, 15) is 9.59 Å². The molecule has 12 heteroatoms. The highest BCUT2D eigenvalue weighted by atomic mass is 16.6. The number of likely N-dealkylation sites (N-methyl/N-ethyl adjacent to an activating group) is 1. The Labute approximate surface area is 337 Å². The lowest BCUT2D eigenvalue weighted by Crippen LogP contribution is -2.50. The molecule has 0 bridgehead atoms. The van der Waals surface area contributed by atoms with Crippen LogP contribution >= 0.6 is 0 Å². The first-order chi connectivity index (χ1) is 28.4. The number of imidazole rings is 2. The van der Waals surface area contributed by atoms with Crippen LogP contribution in [0.5, 0.6) is 0 Å². The van der Waals surface area contributed by atoms with Gasteiger partial charge in [0.25, 0.3) is 0 Å².